The van der Waals surface area contributed by atoms with Crippen molar-refractivity contribution < 1.29 is 23.5 Å². The van der Waals surface area contributed by atoms with Gasteiger partial charge in [0.1, 0.15) is 6.04 Å². The first-order chi connectivity index (χ1) is 13.9. The minimum Gasteiger partial charge on any atom is -0.480 e. The molecule has 0 heterocycles. The molecule has 1 atom stereocenters. The minimum atomic E-state index is -1.17. The fraction of sp³-hybridized carbons (Fsp3) is 0.130. The van der Waals surface area contributed by atoms with Crippen LogP contribution in [0.15, 0.2) is 72.8 Å². The van der Waals surface area contributed by atoms with E-state index in [9.17, 15) is 23.5 Å². The second-order valence-corrected chi connectivity index (χ2v) is 6.65. The first kappa shape index (κ1) is 20.2. The summed E-state index contributed by atoms with van der Waals surface area (Å²) < 4.78 is 26.2. The molecule has 0 saturated carbocycles. The Morgan fingerprint density at radius 2 is 1.45 bits per heavy atom. The van der Waals surface area contributed by atoms with Crippen LogP contribution in [0.5, 0.6) is 0 Å². The number of nitrogens with one attached hydrogen (secondary N) is 1. The molecule has 2 N–H and O–H groups in total. The Balaban J connectivity index is 1.64. The van der Waals surface area contributed by atoms with Crippen LogP contribution in [0.1, 0.15) is 11.1 Å². The van der Waals surface area contributed by atoms with Gasteiger partial charge in [0.15, 0.2) is 11.6 Å². The maximum Gasteiger partial charge on any atom is 0.326 e. The molecule has 148 valence electrons. The van der Waals surface area contributed by atoms with Gasteiger partial charge in [0, 0.05) is 6.42 Å². The Morgan fingerprint density at radius 3 is 2.07 bits per heavy atom. The molecule has 4 nitrogen and oxygen atoms in total. The molecule has 3 rings (SSSR count). The fourth-order valence-electron chi connectivity index (χ4n) is 2.98. The quantitative estimate of drug-likeness (QED) is 0.636. The second kappa shape index (κ2) is 9.10. The summed E-state index contributed by atoms with van der Waals surface area (Å²) in [5.74, 6) is -3.81. The van der Waals surface area contributed by atoms with Crippen LogP contribution in [0.3, 0.4) is 0 Å². The molecule has 0 bridgehead atoms. The first-order valence-electron chi connectivity index (χ1n) is 9.03. The highest BCUT2D eigenvalue weighted by Crippen LogP contribution is 2.20. The van der Waals surface area contributed by atoms with E-state index >= 15 is 0 Å². The van der Waals surface area contributed by atoms with Gasteiger partial charge in [-0.25, -0.2) is 13.6 Å². The van der Waals surface area contributed by atoms with Gasteiger partial charge in [-0.2, -0.15) is 0 Å². The molecule has 0 radical (unpaired) electrons. The van der Waals surface area contributed by atoms with Crippen molar-refractivity contribution in [2.24, 2.45) is 0 Å². The van der Waals surface area contributed by atoms with Crippen LogP contribution >= 0.6 is 0 Å². The lowest BCUT2D eigenvalue weighted by atomic mass is 10.0. The van der Waals surface area contributed by atoms with Gasteiger partial charge in [-0.3, -0.25) is 4.79 Å². The maximum absolute atomic E-state index is 13.3. The summed E-state index contributed by atoms with van der Waals surface area (Å²) in [5, 5.41) is 11.9. The highest BCUT2D eigenvalue weighted by atomic mass is 19.2. The zero-order valence-corrected chi connectivity index (χ0v) is 15.4. The third-order valence-electron chi connectivity index (χ3n) is 4.48. The van der Waals surface area contributed by atoms with Gasteiger partial charge < -0.3 is 10.4 Å². The number of hydrogen-bond acceptors (Lipinski definition) is 2. The third kappa shape index (κ3) is 5.48. The van der Waals surface area contributed by atoms with Gasteiger partial charge >= 0.3 is 5.97 Å². The molecule has 0 unspecified atom stereocenters. The molecule has 0 aliphatic carbocycles. The number of carboxylic acid groups (broad SMARTS) is 1. The number of hydrogen-bond donors (Lipinski definition) is 2. The Morgan fingerprint density at radius 1 is 0.828 bits per heavy atom. The summed E-state index contributed by atoms with van der Waals surface area (Å²) in [5.41, 5.74) is 3.07. The maximum atomic E-state index is 13.3. The molecule has 29 heavy (non-hydrogen) atoms. The number of carboxylic acids is 1. The molecule has 0 aromatic heterocycles. The van der Waals surface area contributed by atoms with Crippen molar-refractivity contribution in [3.63, 3.8) is 0 Å². The second-order valence-electron chi connectivity index (χ2n) is 6.65. The molecule has 0 fully saturated rings. The van der Waals surface area contributed by atoms with Crippen molar-refractivity contribution >= 4 is 11.9 Å². The van der Waals surface area contributed by atoms with Crippen LogP contribution < -0.4 is 5.32 Å². The van der Waals surface area contributed by atoms with Crippen molar-refractivity contribution in [1.82, 2.24) is 5.32 Å². The van der Waals surface area contributed by atoms with Crippen molar-refractivity contribution in [3.05, 3.63) is 95.6 Å². The van der Waals surface area contributed by atoms with Gasteiger partial charge in [-0.05, 0) is 34.4 Å². The molecular weight excluding hydrogens is 376 g/mol. The summed E-state index contributed by atoms with van der Waals surface area (Å²) in [4.78, 5) is 23.7. The van der Waals surface area contributed by atoms with Crippen molar-refractivity contribution in [3.8, 4) is 11.1 Å². The van der Waals surface area contributed by atoms with E-state index in [-0.39, 0.29) is 18.4 Å². The SMILES string of the molecule is O=C(Cc1ccc(F)c(F)c1)N[C@H](Cc1ccc(-c2ccccc2)cc1)C(=O)O. The molecule has 0 saturated heterocycles. The number of aliphatic carboxylic acids is 1. The molecule has 0 aliphatic rings. The smallest absolute Gasteiger partial charge is 0.326 e. The van der Waals surface area contributed by atoms with E-state index in [0.29, 0.717) is 0 Å². The Bertz CT molecular complexity index is 1000. The lowest BCUT2D eigenvalue weighted by Crippen LogP contribution is -2.43. The van der Waals surface area contributed by atoms with Gasteiger partial charge in [-0.15, -0.1) is 0 Å². The van der Waals surface area contributed by atoms with Crippen LogP contribution in [0.2, 0.25) is 0 Å². The van der Waals surface area contributed by atoms with E-state index < -0.39 is 29.6 Å². The molecular formula is C23H19F2NO3. The molecule has 6 heteroatoms. The fourth-order valence-corrected chi connectivity index (χ4v) is 2.98. The molecule has 3 aromatic rings. The van der Waals surface area contributed by atoms with E-state index in [1.807, 2.05) is 54.6 Å². The molecule has 3 aromatic carbocycles. The summed E-state index contributed by atoms with van der Waals surface area (Å²) in [6, 6.07) is 19.2. The van der Waals surface area contributed by atoms with Gasteiger partial charge in [0.05, 0.1) is 6.42 Å². The Kier molecular flexibility index (Phi) is 6.34. The summed E-state index contributed by atoms with van der Waals surface area (Å²) in [7, 11) is 0. The standard InChI is InChI=1S/C23H19F2NO3/c24-19-11-8-16(12-20(19)25)14-22(27)26-21(23(28)29)13-15-6-9-18(10-7-15)17-4-2-1-3-5-17/h1-12,21H,13-14H2,(H,26,27)(H,28,29)/t21-/m1/s1. The Hall–Kier alpha value is -3.54. The van der Waals surface area contributed by atoms with Crippen LogP contribution in [0.4, 0.5) is 8.78 Å². The van der Waals surface area contributed by atoms with Gasteiger partial charge in [-0.1, -0.05) is 60.7 Å². The van der Waals surface area contributed by atoms with Crippen molar-refractivity contribution in [1.29, 1.82) is 0 Å². The van der Waals surface area contributed by atoms with Gasteiger partial charge in [0.2, 0.25) is 5.91 Å². The molecule has 1 amide bonds. The van der Waals surface area contributed by atoms with E-state index in [4.69, 9.17) is 0 Å². The predicted molar refractivity (Wildman–Crippen MR) is 105 cm³/mol. The number of halogens is 2. The van der Waals surface area contributed by atoms with E-state index in [1.165, 1.54) is 6.07 Å². The minimum absolute atomic E-state index is 0.105. The summed E-state index contributed by atoms with van der Waals surface area (Å²) >= 11 is 0. The van der Waals surface area contributed by atoms with Gasteiger partial charge in [0.25, 0.3) is 0 Å². The average molecular weight is 395 g/mol. The van der Waals surface area contributed by atoms with Crippen LogP contribution in [-0.2, 0) is 22.4 Å². The topological polar surface area (TPSA) is 66.4 Å². The first-order valence-corrected chi connectivity index (χ1v) is 9.03. The largest absolute Gasteiger partial charge is 0.480 e. The van der Waals surface area contributed by atoms with Crippen LogP contribution in [0, 0.1) is 11.6 Å². The lowest BCUT2D eigenvalue weighted by molar-refractivity contribution is -0.141. The third-order valence-corrected chi connectivity index (χ3v) is 4.48. The number of carbonyl (C=O) groups excluding carboxylic acids is 1. The van der Waals surface area contributed by atoms with E-state index in [0.717, 1.165) is 28.8 Å². The number of rotatable bonds is 7. The average Bonchev–Trinajstić information content (AvgIpc) is 2.71. The highest BCUT2D eigenvalue weighted by molar-refractivity contribution is 5.85. The number of benzene rings is 3. The molecule has 0 spiro atoms. The zero-order valence-electron chi connectivity index (χ0n) is 15.4. The Labute approximate surface area is 166 Å². The van der Waals surface area contributed by atoms with Crippen molar-refractivity contribution in [2.75, 3.05) is 0 Å². The summed E-state index contributed by atoms with van der Waals surface area (Å²) in [6.45, 7) is 0. The normalized spacial score (nSPS) is 11.7. The van der Waals surface area contributed by atoms with E-state index in [2.05, 4.69) is 5.32 Å². The predicted octanol–water partition coefficient (Wildman–Crippen LogP) is 3.99. The zero-order chi connectivity index (χ0) is 20.8. The summed E-state index contributed by atoms with van der Waals surface area (Å²) in [6.07, 6.45) is -0.137. The van der Waals surface area contributed by atoms with Crippen molar-refractivity contribution in [2.45, 2.75) is 18.9 Å². The number of carbonyl (C=O) groups is 2. The van der Waals surface area contributed by atoms with Crippen LogP contribution in [0.25, 0.3) is 11.1 Å². The number of amides is 1. The van der Waals surface area contributed by atoms with Crippen LogP contribution in [-0.4, -0.2) is 23.0 Å². The van der Waals surface area contributed by atoms with E-state index in [1.54, 1.807) is 0 Å². The molecule has 0 aliphatic heterocycles. The monoisotopic (exact) mass is 395 g/mol. The highest BCUT2D eigenvalue weighted by Gasteiger charge is 2.21. The lowest BCUT2D eigenvalue weighted by Gasteiger charge is -2.15.